The highest BCUT2D eigenvalue weighted by atomic mass is 19.4. The van der Waals surface area contributed by atoms with E-state index in [9.17, 15) is 17.6 Å². The van der Waals surface area contributed by atoms with E-state index in [1.165, 1.54) is 0 Å². The summed E-state index contributed by atoms with van der Waals surface area (Å²) in [6.45, 7) is 0. The third-order valence-corrected chi connectivity index (χ3v) is 1.69. The Morgan fingerprint density at radius 3 is 2.50 bits per heavy atom. The van der Waals surface area contributed by atoms with Gasteiger partial charge in [-0.25, -0.2) is 4.39 Å². The van der Waals surface area contributed by atoms with Gasteiger partial charge in [-0.1, -0.05) is 17.9 Å². The van der Waals surface area contributed by atoms with E-state index < -0.39 is 17.6 Å². The second-order valence-electron chi connectivity index (χ2n) is 2.80. The normalized spacial score (nSPS) is 10.2. The highest BCUT2D eigenvalue weighted by Gasteiger charge is 2.34. The first-order valence-electron chi connectivity index (χ1n) is 4.18. The largest absolute Gasteiger partial charge is 0.419 e. The minimum Gasteiger partial charge on any atom is -0.205 e. The van der Waals surface area contributed by atoms with Crippen molar-refractivity contribution in [1.82, 2.24) is 0 Å². The lowest BCUT2D eigenvalue weighted by atomic mass is 10.1. The van der Waals surface area contributed by atoms with Crippen LogP contribution in [0.5, 0.6) is 0 Å². The van der Waals surface area contributed by atoms with Crippen molar-refractivity contribution in [3.63, 3.8) is 0 Å². The Morgan fingerprint density at radius 2 is 1.94 bits per heavy atom. The molecule has 1 rings (SSSR count). The van der Waals surface area contributed by atoms with Gasteiger partial charge in [-0.15, -0.1) is 0 Å². The molecule has 5 heteroatoms. The van der Waals surface area contributed by atoms with Crippen LogP contribution in [0.2, 0.25) is 0 Å². The molecule has 16 heavy (non-hydrogen) atoms. The summed E-state index contributed by atoms with van der Waals surface area (Å²) in [5, 5.41) is 8.17. The van der Waals surface area contributed by atoms with Crippen LogP contribution in [-0.4, -0.2) is 0 Å². The second kappa shape index (κ2) is 4.67. The summed E-state index contributed by atoms with van der Waals surface area (Å²) < 4.78 is 50.1. The van der Waals surface area contributed by atoms with Crippen molar-refractivity contribution in [2.45, 2.75) is 12.6 Å². The average Bonchev–Trinajstić information content (AvgIpc) is 2.19. The van der Waals surface area contributed by atoms with Crippen LogP contribution >= 0.6 is 0 Å². The smallest absolute Gasteiger partial charge is 0.205 e. The lowest BCUT2D eigenvalue weighted by Gasteiger charge is -2.08. The molecule has 0 saturated heterocycles. The summed E-state index contributed by atoms with van der Waals surface area (Å²) in [6, 6.07) is 4.53. The molecule has 0 saturated carbocycles. The van der Waals surface area contributed by atoms with Gasteiger partial charge in [0.15, 0.2) is 5.82 Å². The molecule has 0 N–H and O–H groups in total. The van der Waals surface area contributed by atoms with Crippen LogP contribution in [0.15, 0.2) is 18.2 Å². The van der Waals surface area contributed by atoms with Gasteiger partial charge in [0.05, 0.1) is 23.6 Å². The predicted octanol–water partition coefficient (Wildman–Crippen LogP) is 3.11. The molecule has 1 aromatic carbocycles. The molecule has 0 atom stereocenters. The van der Waals surface area contributed by atoms with Crippen molar-refractivity contribution in [3.8, 4) is 17.9 Å². The van der Waals surface area contributed by atoms with Crippen molar-refractivity contribution >= 4 is 0 Å². The molecule has 1 nitrogen and oxygen atoms in total. The number of hydrogen-bond donors (Lipinski definition) is 0. The molecule has 0 amide bonds. The van der Waals surface area contributed by atoms with E-state index in [4.69, 9.17) is 5.26 Å². The van der Waals surface area contributed by atoms with Crippen LogP contribution in [0.1, 0.15) is 17.5 Å². The van der Waals surface area contributed by atoms with Gasteiger partial charge in [0.2, 0.25) is 0 Å². The summed E-state index contributed by atoms with van der Waals surface area (Å²) in [7, 11) is 0. The molecule has 0 bridgehead atoms. The molecular weight excluding hydrogens is 222 g/mol. The van der Waals surface area contributed by atoms with Gasteiger partial charge in [0, 0.05) is 0 Å². The van der Waals surface area contributed by atoms with Crippen LogP contribution in [0, 0.1) is 29.0 Å². The number of benzene rings is 1. The predicted molar refractivity (Wildman–Crippen MR) is 48.5 cm³/mol. The van der Waals surface area contributed by atoms with E-state index in [1.54, 1.807) is 6.07 Å². The van der Waals surface area contributed by atoms with Gasteiger partial charge >= 0.3 is 6.18 Å². The summed E-state index contributed by atoms with van der Waals surface area (Å²) in [5.74, 6) is 3.03. The number of nitriles is 1. The van der Waals surface area contributed by atoms with E-state index >= 15 is 0 Å². The molecule has 0 fully saturated rings. The molecule has 0 unspecified atom stereocenters. The molecule has 0 spiro atoms. The van der Waals surface area contributed by atoms with Crippen LogP contribution in [0.25, 0.3) is 0 Å². The SMILES string of the molecule is N#CCC#Cc1cccc(C(F)(F)F)c1F. The maximum absolute atomic E-state index is 13.3. The standard InChI is InChI=1S/C11H5F4N/c12-10-8(4-1-2-7-16)5-3-6-9(10)11(13,14)15/h3,5-6H,2H2. The van der Waals surface area contributed by atoms with Crippen LogP contribution in [0.3, 0.4) is 0 Å². The topological polar surface area (TPSA) is 23.8 Å². The van der Waals surface area contributed by atoms with E-state index in [0.29, 0.717) is 6.07 Å². The first kappa shape index (κ1) is 12.1. The van der Waals surface area contributed by atoms with Gasteiger partial charge in [-0.2, -0.15) is 18.4 Å². The van der Waals surface area contributed by atoms with E-state index in [1.807, 2.05) is 0 Å². The van der Waals surface area contributed by atoms with Crippen molar-refractivity contribution in [1.29, 1.82) is 5.26 Å². The second-order valence-corrected chi connectivity index (χ2v) is 2.80. The summed E-state index contributed by atoms with van der Waals surface area (Å²) in [5.41, 5.74) is -1.71. The summed E-state index contributed by atoms with van der Waals surface area (Å²) in [6.07, 6.45) is -4.90. The molecule has 1 aromatic rings. The van der Waals surface area contributed by atoms with Crippen LogP contribution < -0.4 is 0 Å². The molecule has 0 radical (unpaired) electrons. The van der Waals surface area contributed by atoms with Crippen molar-refractivity contribution in [2.24, 2.45) is 0 Å². The Bertz CT molecular complexity index is 485. The number of nitrogens with zero attached hydrogens (tertiary/aromatic N) is 1. The summed E-state index contributed by atoms with van der Waals surface area (Å²) >= 11 is 0. The number of hydrogen-bond acceptors (Lipinski definition) is 1. The maximum atomic E-state index is 13.3. The minimum absolute atomic E-state index is 0.157. The van der Waals surface area contributed by atoms with Gasteiger partial charge in [-0.05, 0) is 12.1 Å². The van der Waals surface area contributed by atoms with Crippen LogP contribution in [-0.2, 0) is 6.18 Å². The van der Waals surface area contributed by atoms with Gasteiger partial charge < -0.3 is 0 Å². The summed E-state index contributed by atoms with van der Waals surface area (Å²) in [4.78, 5) is 0. The van der Waals surface area contributed by atoms with Crippen molar-refractivity contribution in [2.75, 3.05) is 0 Å². The Morgan fingerprint density at radius 1 is 1.25 bits per heavy atom. The van der Waals surface area contributed by atoms with E-state index in [2.05, 4.69) is 11.8 Å². The molecule has 0 aliphatic carbocycles. The maximum Gasteiger partial charge on any atom is 0.419 e. The number of rotatable bonds is 0. The molecule has 82 valence electrons. The zero-order chi connectivity index (χ0) is 12.2. The highest BCUT2D eigenvalue weighted by molar-refractivity contribution is 5.40. The number of halogens is 4. The van der Waals surface area contributed by atoms with E-state index in [-0.39, 0.29) is 12.0 Å². The van der Waals surface area contributed by atoms with Crippen molar-refractivity contribution < 1.29 is 17.6 Å². The minimum atomic E-state index is -4.74. The molecule has 0 aliphatic rings. The van der Waals surface area contributed by atoms with Crippen LogP contribution in [0.4, 0.5) is 17.6 Å². The first-order valence-corrected chi connectivity index (χ1v) is 4.18. The lowest BCUT2D eigenvalue weighted by Crippen LogP contribution is -2.08. The Balaban J connectivity index is 3.17. The average molecular weight is 227 g/mol. The zero-order valence-corrected chi connectivity index (χ0v) is 7.90. The molecule has 0 aliphatic heterocycles. The Labute approximate surface area is 89.3 Å². The Hall–Kier alpha value is -2.01. The van der Waals surface area contributed by atoms with Gasteiger partial charge in [0.1, 0.15) is 0 Å². The fourth-order valence-corrected chi connectivity index (χ4v) is 1.03. The first-order chi connectivity index (χ1) is 7.46. The third kappa shape index (κ3) is 2.74. The van der Waals surface area contributed by atoms with Gasteiger partial charge in [-0.3, -0.25) is 0 Å². The molecule has 0 aromatic heterocycles. The highest BCUT2D eigenvalue weighted by Crippen LogP contribution is 2.32. The Kier molecular flexibility index (Phi) is 3.52. The molecule has 0 heterocycles. The third-order valence-electron chi connectivity index (χ3n) is 1.69. The van der Waals surface area contributed by atoms with Gasteiger partial charge in [0.25, 0.3) is 0 Å². The number of alkyl halides is 3. The fourth-order valence-electron chi connectivity index (χ4n) is 1.03. The van der Waals surface area contributed by atoms with E-state index in [0.717, 1.165) is 12.1 Å². The monoisotopic (exact) mass is 227 g/mol. The fraction of sp³-hybridized carbons (Fsp3) is 0.182. The van der Waals surface area contributed by atoms with Crippen molar-refractivity contribution in [3.05, 3.63) is 35.1 Å². The quantitative estimate of drug-likeness (QED) is 0.493. The zero-order valence-electron chi connectivity index (χ0n) is 7.90. The lowest BCUT2D eigenvalue weighted by molar-refractivity contribution is -0.140. The molecular formula is C11H5F4N.